The summed E-state index contributed by atoms with van der Waals surface area (Å²) in [6, 6.07) is 8.36. The minimum Gasteiger partial charge on any atom is -0.490 e. The number of nitrogens with zero attached hydrogens (tertiary/aromatic N) is 3. The van der Waals surface area contributed by atoms with Gasteiger partial charge in [-0.15, -0.1) is 0 Å². The average molecular weight is 785 g/mol. The number of alkyl halides is 5. The summed E-state index contributed by atoms with van der Waals surface area (Å²) in [5.41, 5.74) is -2.14. The molecule has 14 heteroatoms. The van der Waals surface area contributed by atoms with E-state index in [9.17, 15) is 36.6 Å². The van der Waals surface area contributed by atoms with E-state index in [4.69, 9.17) is 9.47 Å². The fourth-order valence-electron chi connectivity index (χ4n) is 11.2. The van der Waals surface area contributed by atoms with Crippen LogP contribution in [-0.4, -0.2) is 81.3 Å². The second-order valence-corrected chi connectivity index (χ2v) is 18.1. The van der Waals surface area contributed by atoms with Gasteiger partial charge in [0.15, 0.2) is 5.69 Å². The number of carboxylic acid groups (broad SMARTS) is 1. The molecule has 6 aliphatic rings. The van der Waals surface area contributed by atoms with Gasteiger partial charge in [-0.2, -0.15) is 13.2 Å². The van der Waals surface area contributed by atoms with Gasteiger partial charge in [-0.25, -0.2) is 18.6 Å². The fraction of sp³-hybridized carbons (Fsp3) is 0.643. The normalized spacial score (nSPS) is 31.5. The van der Waals surface area contributed by atoms with Crippen LogP contribution in [0.25, 0.3) is 22.2 Å². The lowest BCUT2D eigenvalue weighted by Crippen LogP contribution is -2.60. The lowest BCUT2D eigenvalue weighted by atomic mass is 9.71. The lowest BCUT2D eigenvalue weighted by Gasteiger charge is -2.46. The monoisotopic (exact) mass is 784 g/mol. The summed E-state index contributed by atoms with van der Waals surface area (Å²) in [4.78, 5) is 32.4. The molecule has 4 saturated carbocycles. The Balaban J connectivity index is 1.01. The van der Waals surface area contributed by atoms with Crippen LogP contribution in [0.3, 0.4) is 0 Å². The predicted molar refractivity (Wildman–Crippen MR) is 197 cm³/mol. The highest BCUT2D eigenvalue weighted by Gasteiger charge is 2.57. The molecule has 1 spiro atoms. The molecule has 2 bridgehead atoms. The van der Waals surface area contributed by atoms with Gasteiger partial charge in [-0.05, 0) is 119 Å². The second-order valence-electron chi connectivity index (χ2n) is 18.1. The number of hydrogen-bond acceptors (Lipinski definition) is 6. The first-order valence-electron chi connectivity index (χ1n) is 20.3. The van der Waals surface area contributed by atoms with Crippen molar-refractivity contribution >= 4 is 22.8 Å². The minimum atomic E-state index is -4.99. The van der Waals surface area contributed by atoms with Crippen LogP contribution in [0, 0.1) is 23.2 Å². The summed E-state index contributed by atoms with van der Waals surface area (Å²) < 4.78 is 85.6. The zero-order chi connectivity index (χ0) is 39.2. The van der Waals surface area contributed by atoms with Crippen LogP contribution in [0.15, 0.2) is 36.5 Å². The van der Waals surface area contributed by atoms with Crippen molar-refractivity contribution in [2.24, 2.45) is 23.2 Å². The molecule has 2 N–H and O–H groups in total. The third kappa shape index (κ3) is 6.75. The zero-order valence-electron chi connectivity index (χ0n) is 31.6. The maximum absolute atomic E-state index is 14.8. The summed E-state index contributed by atoms with van der Waals surface area (Å²) in [7, 11) is 0. The lowest BCUT2D eigenvalue weighted by molar-refractivity contribution is -0.151. The predicted octanol–water partition coefficient (Wildman–Crippen LogP) is 8.50. The van der Waals surface area contributed by atoms with Crippen LogP contribution in [0.4, 0.5) is 22.0 Å². The van der Waals surface area contributed by atoms with Crippen LogP contribution in [-0.2, 0) is 15.7 Å². The summed E-state index contributed by atoms with van der Waals surface area (Å²) in [5, 5.41) is 13.6. The number of rotatable bonds is 8. The number of carbonyl (C=O) groups is 2. The number of carbonyl (C=O) groups excluding carboxylic acids is 1. The van der Waals surface area contributed by atoms with E-state index < -0.39 is 40.8 Å². The number of likely N-dealkylation sites (tertiary alicyclic amines) is 1. The van der Waals surface area contributed by atoms with Crippen LogP contribution in [0.1, 0.15) is 106 Å². The van der Waals surface area contributed by atoms with Crippen LogP contribution in [0.2, 0.25) is 0 Å². The molecule has 6 fully saturated rings. The molecule has 4 unspecified atom stereocenters. The highest BCUT2D eigenvalue weighted by molar-refractivity contribution is 6.00. The first kappa shape index (κ1) is 37.8. The van der Waals surface area contributed by atoms with E-state index >= 15 is 0 Å². The van der Waals surface area contributed by atoms with Gasteiger partial charge in [0.2, 0.25) is 0 Å². The van der Waals surface area contributed by atoms with Gasteiger partial charge in [0, 0.05) is 40.7 Å². The number of hydrogen-bond donors (Lipinski definition) is 2. The molecule has 9 nitrogen and oxygen atoms in total. The number of carboxylic acids is 1. The van der Waals surface area contributed by atoms with Gasteiger partial charge in [-0.3, -0.25) is 9.69 Å². The van der Waals surface area contributed by atoms with Crippen molar-refractivity contribution in [3.05, 3.63) is 47.8 Å². The Kier molecular flexibility index (Phi) is 9.22. The Morgan fingerprint density at radius 2 is 1.70 bits per heavy atom. The molecular formula is C42H49F5N4O5. The molecule has 2 aliphatic heterocycles. The first-order valence-corrected chi connectivity index (χ1v) is 20.3. The van der Waals surface area contributed by atoms with Crippen LogP contribution >= 0.6 is 0 Å². The molecule has 4 atom stereocenters. The van der Waals surface area contributed by atoms with E-state index in [1.807, 2.05) is 36.2 Å². The average Bonchev–Trinajstić information content (AvgIpc) is 3.63. The molecule has 0 radical (unpaired) electrons. The molecular weight excluding hydrogens is 735 g/mol. The molecule has 4 aliphatic carbocycles. The van der Waals surface area contributed by atoms with Gasteiger partial charge >= 0.3 is 12.1 Å². The van der Waals surface area contributed by atoms with Crippen molar-refractivity contribution in [1.29, 1.82) is 0 Å². The Labute approximate surface area is 322 Å². The number of pyridine rings is 1. The minimum absolute atomic E-state index is 0.0550. The highest BCUT2D eigenvalue weighted by Crippen LogP contribution is 2.51. The van der Waals surface area contributed by atoms with E-state index in [-0.39, 0.29) is 66.6 Å². The van der Waals surface area contributed by atoms with Crippen molar-refractivity contribution in [3.63, 3.8) is 0 Å². The SMILES string of the molecule is CC1CC2CC(C1)C(NC(=O)c1ccc(-c3cn(C4CCC5(CC4)COC5)c4cc(OC5CCC(N6CC(F)(F)C6)CC5)ccc34)nc1C(F)(F)F)(C(=O)O)C2. The zero-order valence-corrected chi connectivity index (χ0v) is 31.6. The topological polar surface area (TPSA) is 106 Å². The van der Waals surface area contributed by atoms with E-state index in [0.29, 0.717) is 29.5 Å². The summed E-state index contributed by atoms with van der Waals surface area (Å²) in [6.45, 7) is 3.16. The van der Waals surface area contributed by atoms with Gasteiger partial charge < -0.3 is 24.5 Å². The smallest absolute Gasteiger partial charge is 0.434 e. The van der Waals surface area contributed by atoms with Gasteiger partial charge in [0.1, 0.15) is 11.3 Å². The molecule has 302 valence electrons. The van der Waals surface area contributed by atoms with Crippen molar-refractivity contribution in [1.82, 2.24) is 19.8 Å². The molecule has 4 heterocycles. The molecule has 1 aromatic carbocycles. The van der Waals surface area contributed by atoms with Crippen molar-refractivity contribution in [2.45, 2.75) is 120 Å². The van der Waals surface area contributed by atoms with E-state index in [0.717, 1.165) is 82.6 Å². The first-order chi connectivity index (χ1) is 26.6. The van der Waals surface area contributed by atoms with E-state index in [1.54, 1.807) is 0 Å². The maximum atomic E-state index is 14.8. The standard InChI is InChI=1S/C42H49F5N4O5/c1-24-14-25-16-26(15-24)41(18-25,38(53)54)49-37(52)32-8-9-34(48-36(32)42(45,46)47)33-19-51(28-10-12-39(13-11-28)22-55-23-39)35-17-30(6-7-31(33)35)56-29-4-2-27(3-5-29)50-20-40(43,44)21-50/h6-9,17,19,24-29H,2-5,10-16,18,20-23H2,1H3,(H,49,52)(H,53,54). The number of aliphatic carboxylic acids is 1. The number of benzene rings is 1. The number of halogens is 5. The third-order valence-corrected chi connectivity index (χ3v) is 14.1. The molecule has 56 heavy (non-hydrogen) atoms. The Morgan fingerprint density at radius 1 is 0.964 bits per heavy atom. The number of fused-ring (bicyclic) bond motifs is 3. The van der Waals surface area contributed by atoms with Crippen molar-refractivity contribution < 1.29 is 46.1 Å². The number of aromatic nitrogens is 2. The molecule has 3 aromatic rings. The Hall–Kier alpha value is -3.78. The van der Waals surface area contributed by atoms with Gasteiger partial charge in [-0.1, -0.05) is 6.92 Å². The fourth-order valence-corrected chi connectivity index (χ4v) is 11.2. The summed E-state index contributed by atoms with van der Waals surface area (Å²) in [5.74, 6) is -4.27. The quantitative estimate of drug-likeness (QED) is 0.221. The van der Waals surface area contributed by atoms with Crippen molar-refractivity contribution in [2.75, 3.05) is 26.3 Å². The van der Waals surface area contributed by atoms with Crippen molar-refractivity contribution in [3.8, 4) is 17.0 Å². The second kappa shape index (κ2) is 13.7. The number of nitrogens with one attached hydrogen (secondary N) is 1. The summed E-state index contributed by atoms with van der Waals surface area (Å²) in [6.07, 6.45) is 5.76. The Morgan fingerprint density at radius 3 is 2.34 bits per heavy atom. The largest absolute Gasteiger partial charge is 0.490 e. The number of amides is 1. The van der Waals surface area contributed by atoms with E-state index in [1.165, 1.54) is 6.07 Å². The molecule has 2 saturated heterocycles. The molecule has 2 aromatic heterocycles. The molecule has 9 rings (SSSR count). The third-order valence-electron chi connectivity index (χ3n) is 14.1. The molecule has 1 amide bonds. The highest BCUT2D eigenvalue weighted by atomic mass is 19.4. The van der Waals surface area contributed by atoms with Gasteiger partial charge in [0.05, 0.1) is 49.2 Å². The number of ether oxygens (including phenoxy) is 2. The van der Waals surface area contributed by atoms with Crippen LogP contribution in [0.5, 0.6) is 5.75 Å². The van der Waals surface area contributed by atoms with Crippen LogP contribution < -0.4 is 10.1 Å². The maximum Gasteiger partial charge on any atom is 0.434 e. The van der Waals surface area contributed by atoms with E-state index in [2.05, 4.69) is 14.9 Å². The Bertz CT molecular complexity index is 2010. The summed E-state index contributed by atoms with van der Waals surface area (Å²) >= 11 is 0. The van der Waals surface area contributed by atoms with Gasteiger partial charge in [0.25, 0.3) is 11.8 Å².